The molecule has 16 heavy (non-hydrogen) atoms. The Bertz CT molecular complexity index is 312. The van der Waals surface area contributed by atoms with Gasteiger partial charge in [-0.15, -0.1) is 0 Å². The second-order valence-electron chi connectivity index (χ2n) is 3.75. The van der Waals surface area contributed by atoms with Gasteiger partial charge in [0, 0.05) is 27.2 Å². The van der Waals surface area contributed by atoms with Gasteiger partial charge in [-0.2, -0.15) is 0 Å². The maximum atomic E-state index is 11.6. The fraction of sp³-hybridized carbons (Fsp3) is 0.667. The van der Waals surface area contributed by atoms with Crippen molar-refractivity contribution in [2.24, 2.45) is 5.92 Å². The van der Waals surface area contributed by atoms with Gasteiger partial charge in [-0.3, -0.25) is 9.59 Å². The number of urea groups is 1. The number of hydrogen-bond donors (Lipinski definition) is 2. The van der Waals surface area contributed by atoms with Gasteiger partial charge in [-0.05, 0) is 0 Å². The van der Waals surface area contributed by atoms with E-state index in [9.17, 15) is 14.4 Å². The Labute approximate surface area is 93.0 Å². The van der Waals surface area contributed by atoms with Gasteiger partial charge in [0.15, 0.2) is 0 Å². The van der Waals surface area contributed by atoms with Crippen molar-refractivity contribution in [3.05, 3.63) is 0 Å². The van der Waals surface area contributed by atoms with Crippen molar-refractivity contribution in [2.45, 2.75) is 0 Å². The van der Waals surface area contributed by atoms with Crippen LogP contribution in [0.2, 0.25) is 0 Å². The molecule has 7 nitrogen and oxygen atoms in total. The molecule has 1 fully saturated rings. The lowest BCUT2D eigenvalue weighted by Gasteiger charge is -2.38. The monoisotopic (exact) mass is 229 g/mol. The zero-order valence-electron chi connectivity index (χ0n) is 9.27. The summed E-state index contributed by atoms with van der Waals surface area (Å²) in [5.41, 5.74) is 0. The average molecular weight is 229 g/mol. The zero-order valence-corrected chi connectivity index (χ0v) is 9.27. The molecule has 0 atom stereocenters. The minimum absolute atomic E-state index is 0.0242. The number of aliphatic carboxylic acids is 1. The fourth-order valence-corrected chi connectivity index (χ4v) is 1.39. The third-order valence-corrected chi connectivity index (χ3v) is 2.49. The summed E-state index contributed by atoms with van der Waals surface area (Å²) in [7, 11) is 3.00. The standard InChI is InChI=1S/C9H15N3O4/c1-10-7(13)5-11(2)9(16)12-3-6(4-12)8(14)15/h6H,3-5H2,1-2H3,(H,10,13)(H,14,15). The van der Waals surface area contributed by atoms with Crippen molar-refractivity contribution in [3.8, 4) is 0 Å². The van der Waals surface area contributed by atoms with E-state index in [0.717, 1.165) is 0 Å². The van der Waals surface area contributed by atoms with Crippen LogP contribution in [0, 0.1) is 5.92 Å². The molecule has 1 rings (SSSR count). The number of likely N-dealkylation sites (N-methyl/N-ethyl adjacent to an activating group) is 2. The first kappa shape index (κ1) is 12.3. The lowest BCUT2D eigenvalue weighted by atomic mass is 10.0. The highest BCUT2D eigenvalue weighted by molar-refractivity contribution is 5.85. The predicted octanol–water partition coefficient (Wildman–Crippen LogP) is -1.20. The molecule has 0 aliphatic carbocycles. The van der Waals surface area contributed by atoms with Crippen molar-refractivity contribution in [3.63, 3.8) is 0 Å². The van der Waals surface area contributed by atoms with Crippen LogP contribution in [-0.4, -0.2) is 66.5 Å². The molecule has 0 spiro atoms. The van der Waals surface area contributed by atoms with Crippen molar-refractivity contribution >= 4 is 17.9 Å². The lowest BCUT2D eigenvalue weighted by Crippen LogP contribution is -2.57. The van der Waals surface area contributed by atoms with Gasteiger partial charge in [0.25, 0.3) is 0 Å². The molecule has 0 aromatic carbocycles. The minimum atomic E-state index is -0.891. The Morgan fingerprint density at radius 1 is 1.44 bits per heavy atom. The first-order chi connectivity index (χ1) is 7.45. The molecule has 3 amide bonds. The number of amides is 3. The summed E-state index contributed by atoms with van der Waals surface area (Å²) in [4.78, 5) is 35.8. The van der Waals surface area contributed by atoms with Crippen molar-refractivity contribution in [2.75, 3.05) is 33.7 Å². The summed E-state index contributed by atoms with van der Waals surface area (Å²) in [6.07, 6.45) is 0. The van der Waals surface area contributed by atoms with E-state index in [1.165, 1.54) is 23.9 Å². The Morgan fingerprint density at radius 2 is 2.00 bits per heavy atom. The van der Waals surface area contributed by atoms with Crippen LogP contribution in [0.4, 0.5) is 4.79 Å². The highest BCUT2D eigenvalue weighted by Gasteiger charge is 2.36. The Morgan fingerprint density at radius 3 is 2.44 bits per heavy atom. The second kappa shape index (κ2) is 4.82. The first-order valence-corrected chi connectivity index (χ1v) is 4.89. The molecule has 2 N–H and O–H groups in total. The summed E-state index contributed by atoms with van der Waals surface area (Å²) < 4.78 is 0. The second-order valence-corrected chi connectivity index (χ2v) is 3.75. The summed E-state index contributed by atoms with van der Waals surface area (Å²) in [5.74, 6) is -1.62. The number of carbonyl (C=O) groups is 3. The predicted molar refractivity (Wildman–Crippen MR) is 54.8 cm³/mol. The third kappa shape index (κ3) is 2.62. The summed E-state index contributed by atoms with van der Waals surface area (Å²) in [6.45, 7) is 0.405. The summed E-state index contributed by atoms with van der Waals surface area (Å²) >= 11 is 0. The number of hydrogen-bond acceptors (Lipinski definition) is 3. The molecule has 1 heterocycles. The molecular weight excluding hydrogens is 214 g/mol. The molecule has 7 heteroatoms. The zero-order chi connectivity index (χ0) is 12.3. The normalized spacial score (nSPS) is 15.2. The van der Waals surface area contributed by atoms with Crippen LogP contribution in [0.25, 0.3) is 0 Å². The van der Waals surface area contributed by atoms with Gasteiger partial charge in [-0.1, -0.05) is 0 Å². The number of carbonyl (C=O) groups excluding carboxylic acids is 2. The Hall–Kier alpha value is -1.79. The van der Waals surface area contributed by atoms with Crippen LogP contribution in [0.3, 0.4) is 0 Å². The van der Waals surface area contributed by atoms with E-state index in [4.69, 9.17) is 5.11 Å². The number of carboxylic acid groups (broad SMARTS) is 1. The highest BCUT2D eigenvalue weighted by atomic mass is 16.4. The summed E-state index contributed by atoms with van der Waals surface area (Å²) in [6, 6.07) is -0.318. The minimum Gasteiger partial charge on any atom is -0.481 e. The maximum Gasteiger partial charge on any atom is 0.320 e. The number of likely N-dealkylation sites (tertiary alicyclic amines) is 1. The van der Waals surface area contributed by atoms with E-state index >= 15 is 0 Å². The molecule has 1 saturated heterocycles. The largest absolute Gasteiger partial charge is 0.481 e. The van der Waals surface area contributed by atoms with Crippen LogP contribution in [0.15, 0.2) is 0 Å². The van der Waals surface area contributed by atoms with Crippen LogP contribution in [0.1, 0.15) is 0 Å². The number of nitrogens with one attached hydrogen (secondary N) is 1. The van der Waals surface area contributed by atoms with Crippen LogP contribution >= 0.6 is 0 Å². The van der Waals surface area contributed by atoms with Gasteiger partial charge in [0.1, 0.15) is 6.54 Å². The fourth-order valence-electron chi connectivity index (χ4n) is 1.39. The molecule has 0 unspecified atom stereocenters. The lowest BCUT2D eigenvalue weighted by molar-refractivity contribution is -0.146. The highest BCUT2D eigenvalue weighted by Crippen LogP contribution is 2.16. The Kier molecular flexibility index (Phi) is 3.70. The molecular formula is C9H15N3O4. The number of carboxylic acids is 1. The van der Waals surface area contributed by atoms with Crippen LogP contribution in [-0.2, 0) is 9.59 Å². The van der Waals surface area contributed by atoms with Crippen molar-refractivity contribution in [1.29, 1.82) is 0 Å². The van der Waals surface area contributed by atoms with Gasteiger partial charge >= 0.3 is 12.0 Å². The average Bonchev–Trinajstić information content (AvgIpc) is 2.14. The van der Waals surface area contributed by atoms with E-state index in [1.807, 2.05) is 0 Å². The van der Waals surface area contributed by atoms with E-state index in [0.29, 0.717) is 0 Å². The molecule has 1 aliphatic heterocycles. The molecule has 0 aromatic rings. The van der Waals surface area contributed by atoms with Crippen LogP contribution < -0.4 is 5.32 Å². The Balaban J connectivity index is 2.36. The first-order valence-electron chi connectivity index (χ1n) is 4.89. The molecule has 0 radical (unpaired) electrons. The smallest absolute Gasteiger partial charge is 0.320 e. The SMILES string of the molecule is CNC(=O)CN(C)C(=O)N1CC(C(=O)O)C1. The van der Waals surface area contributed by atoms with Gasteiger partial charge in [0.05, 0.1) is 5.92 Å². The molecule has 90 valence electrons. The molecule has 0 bridgehead atoms. The van der Waals surface area contributed by atoms with E-state index in [-0.39, 0.29) is 31.6 Å². The van der Waals surface area contributed by atoms with E-state index in [2.05, 4.69) is 5.32 Å². The number of nitrogens with zero attached hydrogens (tertiary/aromatic N) is 2. The third-order valence-electron chi connectivity index (χ3n) is 2.49. The molecule has 0 aromatic heterocycles. The van der Waals surface area contributed by atoms with Gasteiger partial charge in [0.2, 0.25) is 5.91 Å². The van der Waals surface area contributed by atoms with Crippen molar-refractivity contribution < 1.29 is 19.5 Å². The van der Waals surface area contributed by atoms with Crippen molar-refractivity contribution in [1.82, 2.24) is 15.1 Å². The quantitative estimate of drug-likeness (QED) is 0.636. The summed E-state index contributed by atoms with van der Waals surface area (Å²) in [5, 5.41) is 11.0. The van der Waals surface area contributed by atoms with E-state index in [1.54, 1.807) is 0 Å². The van der Waals surface area contributed by atoms with Crippen LogP contribution in [0.5, 0.6) is 0 Å². The molecule has 0 saturated carbocycles. The van der Waals surface area contributed by atoms with Gasteiger partial charge < -0.3 is 20.2 Å². The number of rotatable bonds is 3. The van der Waals surface area contributed by atoms with Gasteiger partial charge in [-0.25, -0.2) is 4.79 Å². The molecule has 1 aliphatic rings. The maximum absolute atomic E-state index is 11.6. The van der Waals surface area contributed by atoms with E-state index < -0.39 is 11.9 Å². The topological polar surface area (TPSA) is 90.0 Å².